The van der Waals surface area contributed by atoms with Crippen LogP contribution in [0.5, 0.6) is 17.2 Å². The number of methoxy groups -OCH3 is 1. The number of rotatable bonds is 8. The van der Waals surface area contributed by atoms with Gasteiger partial charge in [-0.3, -0.25) is 19.3 Å². The summed E-state index contributed by atoms with van der Waals surface area (Å²) < 4.78 is 29.2. The van der Waals surface area contributed by atoms with Gasteiger partial charge >= 0.3 is 5.97 Å². The summed E-state index contributed by atoms with van der Waals surface area (Å²) in [6.45, 7) is 1.75. The van der Waals surface area contributed by atoms with Crippen LogP contribution in [-0.2, 0) is 9.53 Å². The molecule has 0 saturated heterocycles. The number of benzene rings is 2. The van der Waals surface area contributed by atoms with Crippen molar-refractivity contribution in [2.24, 2.45) is 0 Å². The molecule has 0 bridgehead atoms. The molecule has 0 saturated carbocycles. The van der Waals surface area contributed by atoms with Crippen molar-refractivity contribution in [2.75, 3.05) is 20.3 Å². The van der Waals surface area contributed by atoms with Gasteiger partial charge in [-0.2, -0.15) is 0 Å². The number of carbonyl (C=O) groups excluding carboxylic acids is 3. The molecule has 0 fully saturated rings. The average Bonchev–Trinajstić information content (AvgIpc) is 2.92. The van der Waals surface area contributed by atoms with E-state index >= 15 is 0 Å². The second-order valence-electron chi connectivity index (χ2n) is 6.41. The molecule has 3 rings (SSSR count). The Hall–Kier alpha value is -3.42. The molecule has 8 heteroatoms. The highest BCUT2D eigenvalue weighted by molar-refractivity contribution is 6.22. The molecule has 1 aliphatic heterocycles. The smallest absolute Gasteiger partial charge is 0.326 e. The van der Waals surface area contributed by atoms with Crippen molar-refractivity contribution in [1.82, 2.24) is 4.90 Å². The first-order valence-corrected chi connectivity index (χ1v) is 9.11. The Bertz CT molecular complexity index is 958. The molecule has 1 aliphatic rings. The third-order valence-electron chi connectivity index (χ3n) is 4.31. The maximum absolute atomic E-state index is 13.6. The molecule has 2 aromatic rings. The maximum atomic E-state index is 13.6. The van der Waals surface area contributed by atoms with Crippen molar-refractivity contribution >= 4 is 17.8 Å². The summed E-state index contributed by atoms with van der Waals surface area (Å²) in [5.74, 6) is -1.67. The van der Waals surface area contributed by atoms with Crippen LogP contribution in [0.2, 0.25) is 0 Å². The maximum Gasteiger partial charge on any atom is 0.326 e. The molecule has 0 atom stereocenters. The summed E-state index contributed by atoms with van der Waals surface area (Å²) in [5.41, 5.74) is 0.276. The summed E-state index contributed by atoms with van der Waals surface area (Å²) in [6.07, 6.45) is 1.57. The van der Waals surface area contributed by atoms with E-state index in [-0.39, 0.29) is 35.0 Å². The highest BCUT2D eigenvalue weighted by Gasteiger charge is 2.37. The summed E-state index contributed by atoms with van der Waals surface area (Å²) in [7, 11) is 1.40. The van der Waals surface area contributed by atoms with Crippen molar-refractivity contribution in [2.45, 2.75) is 19.8 Å². The molecular weight excluding hydrogens is 381 g/mol. The van der Waals surface area contributed by atoms with Gasteiger partial charge in [0, 0.05) is 18.2 Å². The van der Waals surface area contributed by atoms with Crippen LogP contribution in [0.1, 0.15) is 40.5 Å². The third kappa shape index (κ3) is 4.53. The van der Waals surface area contributed by atoms with Gasteiger partial charge in [0.05, 0.1) is 24.8 Å². The Kier molecular flexibility index (Phi) is 6.11. The van der Waals surface area contributed by atoms with Gasteiger partial charge in [-0.1, -0.05) is 13.3 Å². The van der Waals surface area contributed by atoms with Crippen molar-refractivity contribution in [3.05, 3.63) is 53.3 Å². The molecule has 0 unspecified atom stereocenters. The lowest BCUT2D eigenvalue weighted by atomic mass is 10.1. The van der Waals surface area contributed by atoms with E-state index in [1.165, 1.54) is 43.5 Å². The zero-order chi connectivity index (χ0) is 21.0. The second-order valence-corrected chi connectivity index (χ2v) is 6.41. The zero-order valence-electron chi connectivity index (χ0n) is 16.1. The first-order chi connectivity index (χ1) is 13.9. The lowest BCUT2D eigenvalue weighted by molar-refractivity contribution is -0.144. The number of hydrogen-bond donors (Lipinski definition) is 0. The number of unbranched alkanes of at least 4 members (excludes halogenated alkanes) is 1. The SMILES string of the molecule is CCCCOC(=O)CN1C(=O)c2ccc(Oc3cc(F)cc(OC)c3)cc2C1=O. The molecule has 1 heterocycles. The summed E-state index contributed by atoms with van der Waals surface area (Å²) in [6, 6.07) is 8.17. The van der Waals surface area contributed by atoms with Crippen molar-refractivity contribution in [3.63, 3.8) is 0 Å². The Morgan fingerprint density at radius 3 is 2.45 bits per heavy atom. The van der Waals surface area contributed by atoms with E-state index in [4.69, 9.17) is 14.2 Å². The number of imide groups is 1. The van der Waals surface area contributed by atoms with Crippen LogP contribution in [0.15, 0.2) is 36.4 Å². The summed E-state index contributed by atoms with van der Waals surface area (Å²) in [4.78, 5) is 37.8. The number of halogens is 1. The van der Waals surface area contributed by atoms with Crippen molar-refractivity contribution < 1.29 is 33.0 Å². The van der Waals surface area contributed by atoms with Crippen molar-refractivity contribution in [3.8, 4) is 17.2 Å². The molecule has 7 nitrogen and oxygen atoms in total. The van der Waals surface area contributed by atoms with Crippen LogP contribution < -0.4 is 9.47 Å². The molecule has 2 aromatic carbocycles. The fourth-order valence-electron chi connectivity index (χ4n) is 2.83. The number of amides is 2. The number of carbonyl (C=O) groups is 3. The van der Waals surface area contributed by atoms with Crippen LogP contribution in [0.3, 0.4) is 0 Å². The van der Waals surface area contributed by atoms with E-state index in [9.17, 15) is 18.8 Å². The zero-order valence-corrected chi connectivity index (χ0v) is 16.1. The van der Waals surface area contributed by atoms with Gasteiger partial charge in [-0.15, -0.1) is 0 Å². The van der Waals surface area contributed by atoms with E-state index in [2.05, 4.69) is 0 Å². The molecule has 2 amide bonds. The number of fused-ring (bicyclic) bond motifs is 1. The van der Waals surface area contributed by atoms with Gasteiger partial charge in [0.15, 0.2) is 0 Å². The Labute approximate surface area is 167 Å². The van der Waals surface area contributed by atoms with E-state index in [1.54, 1.807) is 0 Å². The number of ether oxygens (including phenoxy) is 3. The lowest BCUT2D eigenvalue weighted by Gasteiger charge is -2.12. The van der Waals surface area contributed by atoms with Crippen LogP contribution in [0.25, 0.3) is 0 Å². The molecule has 29 heavy (non-hydrogen) atoms. The Morgan fingerprint density at radius 1 is 1.00 bits per heavy atom. The quantitative estimate of drug-likeness (QED) is 0.382. The minimum Gasteiger partial charge on any atom is -0.497 e. The lowest BCUT2D eigenvalue weighted by Crippen LogP contribution is -2.35. The van der Waals surface area contributed by atoms with Gasteiger partial charge in [-0.05, 0) is 24.6 Å². The normalized spacial score (nSPS) is 12.7. The van der Waals surface area contributed by atoms with Gasteiger partial charge in [0.25, 0.3) is 11.8 Å². The molecule has 0 aromatic heterocycles. The van der Waals surface area contributed by atoms with E-state index in [0.29, 0.717) is 6.42 Å². The first kappa shape index (κ1) is 20.3. The predicted octanol–water partition coefficient (Wildman–Crippen LogP) is 3.57. The molecule has 0 N–H and O–H groups in total. The fourth-order valence-corrected chi connectivity index (χ4v) is 2.83. The Morgan fingerprint density at radius 2 is 1.72 bits per heavy atom. The largest absolute Gasteiger partial charge is 0.497 e. The molecule has 0 spiro atoms. The first-order valence-electron chi connectivity index (χ1n) is 9.11. The monoisotopic (exact) mass is 401 g/mol. The van der Waals surface area contributed by atoms with E-state index < -0.39 is 30.1 Å². The van der Waals surface area contributed by atoms with Crippen LogP contribution in [0, 0.1) is 5.82 Å². The minimum absolute atomic E-state index is 0.109. The minimum atomic E-state index is -0.642. The van der Waals surface area contributed by atoms with Crippen LogP contribution in [0.4, 0.5) is 4.39 Å². The molecule has 152 valence electrons. The van der Waals surface area contributed by atoms with Gasteiger partial charge in [-0.25, -0.2) is 4.39 Å². The van der Waals surface area contributed by atoms with E-state index in [0.717, 1.165) is 11.3 Å². The summed E-state index contributed by atoms with van der Waals surface area (Å²) >= 11 is 0. The molecular formula is C21H20FNO6. The number of esters is 1. The van der Waals surface area contributed by atoms with Gasteiger partial charge in [0.1, 0.15) is 29.6 Å². The standard InChI is InChI=1S/C21H20FNO6/c1-3-4-7-28-19(24)12-23-20(25)17-6-5-14(11-18(17)21(23)26)29-16-9-13(22)8-15(10-16)27-2/h5-6,8-11H,3-4,7,12H2,1-2H3. The fraction of sp³-hybridized carbons (Fsp3) is 0.286. The predicted molar refractivity (Wildman–Crippen MR) is 101 cm³/mol. The molecule has 0 aliphatic carbocycles. The van der Waals surface area contributed by atoms with Crippen LogP contribution >= 0.6 is 0 Å². The van der Waals surface area contributed by atoms with Crippen LogP contribution in [-0.4, -0.2) is 42.9 Å². The topological polar surface area (TPSA) is 82.1 Å². The second kappa shape index (κ2) is 8.72. The average molecular weight is 401 g/mol. The van der Waals surface area contributed by atoms with Gasteiger partial charge in [0.2, 0.25) is 0 Å². The Balaban J connectivity index is 1.75. The number of hydrogen-bond acceptors (Lipinski definition) is 6. The van der Waals surface area contributed by atoms with Crippen molar-refractivity contribution in [1.29, 1.82) is 0 Å². The summed E-state index contributed by atoms with van der Waals surface area (Å²) in [5, 5.41) is 0. The highest BCUT2D eigenvalue weighted by atomic mass is 19.1. The third-order valence-corrected chi connectivity index (χ3v) is 4.31. The highest BCUT2D eigenvalue weighted by Crippen LogP contribution is 2.31. The van der Waals surface area contributed by atoms with E-state index in [1.807, 2.05) is 6.92 Å². The number of nitrogens with zero attached hydrogens (tertiary/aromatic N) is 1. The molecule has 0 radical (unpaired) electrons. The van der Waals surface area contributed by atoms with Gasteiger partial charge < -0.3 is 14.2 Å².